The molecule has 2 rings (SSSR count). The van der Waals surface area contributed by atoms with Crippen LogP contribution in [-0.2, 0) is 4.79 Å². The predicted octanol–water partition coefficient (Wildman–Crippen LogP) is 2.90. The number of alkyl halides is 2. The topological polar surface area (TPSA) is 49.3 Å². The molecule has 2 aliphatic rings. The first kappa shape index (κ1) is 14.7. The van der Waals surface area contributed by atoms with E-state index in [0.717, 1.165) is 25.7 Å². The van der Waals surface area contributed by atoms with E-state index in [1.54, 1.807) is 0 Å². The first-order valence-corrected chi connectivity index (χ1v) is 7.29. The van der Waals surface area contributed by atoms with Crippen molar-refractivity contribution in [1.29, 1.82) is 0 Å². The van der Waals surface area contributed by atoms with Crippen LogP contribution in [0.15, 0.2) is 0 Å². The van der Waals surface area contributed by atoms with E-state index in [2.05, 4.69) is 5.32 Å². The highest BCUT2D eigenvalue weighted by Gasteiger charge is 2.36. The van der Waals surface area contributed by atoms with E-state index < -0.39 is 11.9 Å². The van der Waals surface area contributed by atoms with Gasteiger partial charge in [0.25, 0.3) is 0 Å². The number of rotatable bonds is 5. The van der Waals surface area contributed by atoms with Crippen LogP contribution in [0.3, 0.4) is 0 Å². The maximum Gasteiger partial charge on any atom is 0.306 e. The zero-order chi connectivity index (χ0) is 13.9. The molecule has 5 heteroatoms. The SMILES string of the molecule is O=C(O)C1CCCC1CNCC1CCCC(F)(F)C1. The van der Waals surface area contributed by atoms with E-state index in [-0.39, 0.29) is 30.6 Å². The third-order valence-corrected chi connectivity index (χ3v) is 4.56. The summed E-state index contributed by atoms with van der Waals surface area (Å²) in [5, 5.41) is 12.3. The summed E-state index contributed by atoms with van der Waals surface area (Å²) in [6.07, 6.45) is 4.11. The zero-order valence-corrected chi connectivity index (χ0v) is 11.2. The Morgan fingerprint density at radius 3 is 2.68 bits per heavy atom. The third kappa shape index (κ3) is 4.13. The maximum absolute atomic E-state index is 13.2. The highest BCUT2D eigenvalue weighted by Crippen LogP contribution is 2.36. The lowest BCUT2D eigenvalue weighted by molar-refractivity contribution is -0.142. The van der Waals surface area contributed by atoms with Gasteiger partial charge >= 0.3 is 5.97 Å². The van der Waals surface area contributed by atoms with Crippen molar-refractivity contribution in [3.8, 4) is 0 Å². The Morgan fingerprint density at radius 1 is 1.21 bits per heavy atom. The van der Waals surface area contributed by atoms with E-state index >= 15 is 0 Å². The molecule has 0 aromatic carbocycles. The van der Waals surface area contributed by atoms with Crippen molar-refractivity contribution in [2.24, 2.45) is 17.8 Å². The summed E-state index contributed by atoms with van der Waals surface area (Å²) >= 11 is 0. The highest BCUT2D eigenvalue weighted by atomic mass is 19.3. The van der Waals surface area contributed by atoms with Crippen molar-refractivity contribution in [1.82, 2.24) is 5.32 Å². The summed E-state index contributed by atoms with van der Waals surface area (Å²) in [7, 11) is 0. The number of carboxylic acids is 1. The monoisotopic (exact) mass is 275 g/mol. The third-order valence-electron chi connectivity index (χ3n) is 4.56. The first-order valence-electron chi connectivity index (χ1n) is 7.29. The number of halogens is 2. The lowest BCUT2D eigenvalue weighted by Crippen LogP contribution is -2.36. The van der Waals surface area contributed by atoms with Crippen LogP contribution in [0.25, 0.3) is 0 Å². The van der Waals surface area contributed by atoms with Crippen LogP contribution < -0.4 is 5.32 Å². The lowest BCUT2D eigenvalue weighted by Gasteiger charge is -2.29. The smallest absolute Gasteiger partial charge is 0.306 e. The quantitative estimate of drug-likeness (QED) is 0.811. The molecule has 2 fully saturated rings. The molecule has 2 N–H and O–H groups in total. The molecule has 0 heterocycles. The Kier molecular flexibility index (Phi) is 4.76. The van der Waals surface area contributed by atoms with Gasteiger partial charge in [0.05, 0.1) is 5.92 Å². The Hall–Kier alpha value is -0.710. The summed E-state index contributed by atoms with van der Waals surface area (Å²) in [6.45, 7) is 1.25. The van der Waals surface area contributed by atoms with Gasteiger partial charge in [-0.05, 0) is 50.6 Å². The van der Waals surface area contributed by atoms with Crippen molar-refractivity contribution in [2.75, 3.05) is 13.1 Å². The molecular formula is C14H23F2NO2. The predicted molar refractivity (Wildman–Crippen MR) is 68.2 cm³/mol. The molecule has 110 valence electrons. The molecule has 2 saturated carbocycles. The summed E-state index contributed by atoms with van der Waals surface area (Å²) in [6, 6.07) is 0. The molecule has 3 unspecified atom stereocenters. The van der Waals surface area contributed by atoms with E-state index in [4.69, 9.17) is 5.11 Å². The Bertz CT molecular complexity index is 323. The average Bonchev–Trinajstić information content (AvgIpc) is 2.76. The summed E-state index contributed by atoms with van der Waals surface area (Å²) in [5.41, 5.74) is 0. The number of aliphatic carboxylic acids is 1. The molecule has 3 nitrogen and oxygen atoms in total. The minimum absolute atomic E-state index is 0.0208. The lowest BCUT2D eigenvalue weighted by atomic mass is 9.86. The standard InChI is InChI=1S/C14H23F2NO2/c15-14(16)6-2-3-10(7-14)8-17-9-11-4-1-5-12(11)13(18)19/h10-12,17H,1-9H2,(H,18,19). The molecule has 0 aromatic rings. The van der Waals surface area contributed by atoms with Crippen LogP contribution in [0.1, 0.15) is 44.9 Å². The Morgan fingerprint density at radius 2 is 2.00 bits per heavy atom. The largest absolute Gasteiger partial charge is 0.481 e. The van der Waals surface area contributed by atoms with Gasteiger partial charge in [-0.2, -0.15) is 0 Å². The Balaban J connectivity index is 1.70. The molecular weight excluding hydrogens is 252 g/mol. The van der Waals surface area contributed by atoms with Crippen LogP contribution in [0.5, 0.6) is 0 Å². The van der Waals surface area contributed by atoms with Gasteiger partial charge in [-0.1, -0.05) is 6.42 Å². The molecule has 0 aliphatic heterocycles. The van der Waals surface area contributed by atoms with E-state index in [9.17, 15) is 13.6 Å². The van der Waals surface area contributed by atoms with E-state index in [1.807, 2.05) is 0 Å². The molecule has 0 radical (unpaired) electrons. The molecule has 0 bridgehead atoms. The van der Waals surface area contributed by atoms with Crippen molar-refractivity contribution < 1.29 is 18.7 Å². The fourth-order valence-electron chi connectivity index (χ4n) is 3.53. The van der Waals surface area contributed by atoms with Crippen molar-refractivity contribution >= 4 is 5.97 Å². The van der Waals surface area contributed by atoms with Gasteiger partial charge in [-0.25, -0.2) is 8.78 Å². The molecule has 0 aromatic heterocycles. The van der Waals surface area contributed by atoms with Crippen molar-refractivity contribution in [3.05, 3.63) is 0 Å². The minimum atomic E-state index is -2.50. The van der Waals surface area contributed by atoms with Gasteiger partial charge in [-0.15, -0.1) is 0 Å². The highest BCUT2D eigenvalue weighted by molar-refractivity contribution is 5.70. The van der Waals surface area contributed by atoms with E-state index in [0.29, 0.717) is 19.5 Å². The van der Waals surface area contributed by atoms with Crippen LogP contribution in [-0.4, -0.2) is 30.1 Å². The maximum atomic E-state index is 13.2. The van der Waals surface area contributed by atoms with Gasteiger partial charge < -0.3 is 10.4 Å². The van der Waals surface area contributed by atoms with Crippen LogP contribution in [0.2, 0.25) is 0 Å². The normalized spacial score (nSPS) is 34.3. The number of hydrogen-bond acceptors (Lipinski definition) is 2. The second-order valence-electron chi connectivity index (χ2n) is 6.11. The second-order valence-corrected chi connectivity index (χ2v) is 6.11. The van der Waals surface area contributed by atoms with Gasteiger partial charge in [0.1, 0.15) is 0 Å². The fourth-order valence-corrected chi connectivity index (χ4v) is 3.53. The van der Waals surface area contributed by atoms with Crippen LogP contribution in [0, 0.1) is 17.8 Å². The summed E-state index contributed by atoms with van der Waals surface area (Å²) in [5.74, 6) is -3.26. The van der Waals surface area contributed by atoms with E-state index in [1.165, 1.54) is 0 Å². The average molecular weight is 275 g/mol. The Labute approximate surface area is 112 Å². The molecule has 19 heavy (non-hydrogen) atoms. The first-order chi connectivity index (χ1) is 8.98. The molecule has 2 aliphatic carbocycles. The molecule has 0 saturated heterocycles. The minimum Gasteiger partial charge on any atom is -0.481 e. The summed E-state index contributed by atoms with van der Waals surface area (Å²) in [4.78, 5) is 11.0. The van der Waals surface area contributed by atoms with Gasteiger partial charge in [0, 0.05) is 12.8 Å². The molecule has 0 amide bonds. The number of nitrogens with one attached hydrogen (secondary N) is 1. The van der Waals surface area contributed by atoms with Gasteiger partial charge in [-0.3, -0.25) is 4.79 Å². The van der Waals surface area contributed by atoms with Crippen molar-refractivity contribution in [2.45, 2.75) is 50.9 Å². The van der Waals surface area contributed by atoms with Gasteiger partial charge in [0.15, 0.2) is 0 Å². The fraction of sp³-hybridized carbons (Fsp3) is 0.929. The van der Waals surface area contributed by atoms with Crippen LogP contribution >= 0.6 is 0 Å². The number of carbonyl (C=O) groups is 1. The number of hydrogen-bond donors (Lipinski definition) is 2. The zero-order valence-electron chi connectivity index (χ0n) is 11.2. The van der Waals surface area contributed by atoms with Crippen LogP contribution in [0.4, 0.5) is 8.78 Å². The number of carboxylic acid groups (broad SMARTS) is 1. The molecule has 0 spiro atoms. The van der Waals surface area contributed by atoms with Gasteiger partial charge in [0.2, 0.25) is 5.92 Å². The second kappa shape index (κ2) is 6.16. The van der Waals surface area contributed by atoms with Crippen molar-refractivity contribution in [3.63, 3.8) is 0 Å². The summed E-state index contributed by atoms with van der Waals surface area (Å²) < 4.78 is 26.5. The molecule has 3 atom stereocenters.